The quantitative estimate of drug-likeness (QED) is 0.778. The summed E-state index contributed by atoms with van der Waals surface area (Å²) >= 11 is 5.82. The molecule has 0 unspecified atom stereocenters. The number of rotatable bonds is 5. The molecular weight excluding hydrogens is 292 g/mol. The van der Waals surface area contributed by atoms with Crippen molar-refractivity contribution in [3.63, 3.8) is 0 Å². The fraction of sp³-hybridized carbons (Fsp3) is 0.368. The van der Waals surface area contributed by atoms with Gasteiger partial charge in [0.05, 0.1) is 0 Å². The van der Waals surface area contributed by atoms with Crippen LogP contribution in [0.1, 0.15) is 11.1 Å². The van der Waals surface area contributed by atoms with E-state index in [1.54, 1.807) is 0 Å². The first-order valence-electron chi connectivity index (χ1n) is 8.01. The van der Waals surface area contributed by atoms with E-state index in [1.165, 1.54) is 16.8 Å². The van der Waals surface area contributed by atoms with Crippen LogP contribution in [-0.2, 0) is 6.42 Å². The van der Waals surface area contributed by atoms with Gasteiger partial charge in [-0.2, -0.15) is 0 Å². The molecule has 1 heterocycles. The van der Waals surface area contributed by atoms with Crippen molar-refractivity contribution >= 4 is 17.3 Å². The third-order valence-corrected chi connectivity index (χ3v) is 4.49. The number of hydrogen-bond donors (Lipinski definition) is 0. The van der Waals surface area contributed by atoms with Crippen molar-refractivity contribution < 1.29 is 0 Å². The highest BCUT2D eigenvalue weighted by molar-refractivity contribution is 6.18. The molecule has 0 radical (unpaired) electrons. The lowest BCUT2D eigenvalue weighted by Crippen LogP contribution is -2.46. The molecule has 0 aliphatic carbocycles. The van der Waals surface area contributed by atoms with Gasteiger partial charge in [-0.05, 0) is 29.7 Å². The lowest BCUT2D eigenvalue weighted by molar-refractivity contribution is 0.272. The molecule has 0 aromatic heterocycles. The van der Waals surface area contributed by atoms with Crippen LogP contribution in [0.5, 0.6) is 0 Å². The first-order valence-corrected chi connectivity index (χ1v) is 8.55. The molecule has 1 saturated heterocycles. The van der Waals surface area contributed by atoms with E-state index in [1.807, 2.05) is 0 Å². The van der Waals surface area contributed by atoms with E-state index in [-0.39, 0.29) is 0 Å². The third kappa shape index (κ3) is 4.02. The van der Waals surface area contributed by atoms with Crippen LogP contribution < -0.4 is 4.90 Å². The van der Waals surface area contributed by atoms with Crippen LogP contribution in [0.25, 0.3) is 0 Å². The molecule has 3 heteroatoms. The second-order valence-electron chi connectivity index (χ2n) is 5.85. The van der Waals surface area contributed by atoms with Gasteiger partial charge in [0, 0.05) is 44.3 Å². The van der Waals surface area contributed by atoms with E-state index in [0.29, 0.717) is 0 Å². The van der Waals surface area contributed by atoms with Crippen LogP contribution in [0.2, 0.25) is 0 Å². The van der Waals surface area contributed by atoms with Crippen molar-refractivity contribution in [2.45, 2.75) is 6.42 Å². The first-order chi connectivity index (χ1) is 10.8. The molecule has 0 N–H and O–H groups in total. The van der Waals surface area contributed by atoms with Crippen LogP contribution >= 0.6 is 11.6 Å². The van der Waals surface area contributed by atoms with Crippen molar-refractivity contribution in [3.8, 4) is 0 Å². The summed E-state index contributed by atoms with van der Waals surface area (Å²) < 4.78 is 0. The van der Waals surface area contributed by atoms with Gasteiger partial charge in [-0.15, -0.1) is 11.6 Å². The standard InChI is InChI=1S/C19H23ClN2/c20-10-11-21-12-14-22(15-13-21)19-8-6-18(7-9-19)16-17-4-2-1-3-5-17/h1-9H,10-16H2. The minimum Gasteiger partial charge on any atom is -0.369 e. The highest BCUT2D eigenvalue weighted by Gasteiger charge is 2.16. The summed E-state index contributed by atoms with van der Waals surface area (Å²) in [5.41, 5.74) is 4.07. The Balaban J connectivity index is 1.58. The molecule has 0 bridgehead atoms. The maximum absolute atomic E-state index is 5.82. The average Bonchev–Trinajstić information content (AvgIpc) is 2.58. The molecule has 1 aliphatic heterocycles. The van der Waals surface area contributed by atoms with Crippen molar-refractivity contribution in [3.05, 3.63) is 65.7 Å². The number of hydrogen-bond acceptors (Lipinski definition) is 2. The summed E-state index contributed by atoms with van der Waals surface area (Å²) in [6.07, 6.45) is 1.00. The van der Waals surface area contributed by atoms with E-state index in [4.69, 9.17) is 11.6 Å². The van der Waals surface area contributed by atoms with Gasteiger partial charge in [-0.1, -0.05) is 42.5 Å². The zero-order valence-corrected chi connectivity index (χ0v) is 13.7. The van der Waals surface area contributed by atoms with Crippen LogP contribution in [0, 0.1) is 0 Å². The van der Waals surface area contributed by atoms with E-state index in [0.717, 1.165) is 45.0 Å². The van der Waals surface area contributed by atoms with Crippen molar-refractivity contribution in [1.29, 1.82) is 0 Å². The number of anilines is 1. The Morgan fingerprint density at radius 3 is 2.05 bits per heavy atom. The molecule has 22 heavy (non-hydrogen) atoms. The summed E-state index contributed by atoms with van der Waals surface area (Å²) in [5, 5.41) is 0. The third-order valence-electron chi connectivity index (χ3n) is 4.33. The molecule has 2 nitrogen and oxygen atoms in total. The van der Waals surface area contributed by atoms with Crippen molar-refractivity contribution in [2.24, 2.45) is 0 Å². The smallest absolute Gasteiger partial charge is 0.0367 e. The molecule has 2 aromatic rings. The van der Waals surface area contributed by atoms with Crippen LogP contribution in [0.3, 0.4) is 0 Å². The normalized spacial score (nSPS) is 16.0. The molecule has 2 aromatic carbocycles. The first kappa shape index (κ1) is 15.4. The molecule has 1 fully saturated rings. The van der Waals surface area contributed by atoms with E-state index < -0.39 is 0 Å². The van der Waals surface area contributed by atoms with Gasteiger partial charge in [0.2, 0.25) is 0 Å². The number of halogens is 1. The highest BCUT2D eigenvalue weighted by atomic mass is 35.5. The van der Waals surface area contributed by atoms with Crippen molar-refractivity contribution in [2.75, 3.05) is 43.5 Å². The lowest BCUT2D eigenvalue weighted by atomic mass is 10.0. The van der Waals surface area contributed by atoms with Gasteiger partial charge in [0.1, 0.15) is 0 Å². The Labute approximate surface area is 138 Å². The fourth-order valence-electron chi connectivity index (χ4n) is 3.01. The Morgan fingerprint density at radius 1 is 0.773 bits per heavy atom. The van der Waals surface area contributed by atoms with Gasteiger partial charge < -0.3 is 4.90 Å². The minimum absolute atomic E-state index is 0.730. The molecule has 0 saturated carbocycles. The highest BCUT2D eigenvalue weighted by Crippen LogP contribution is 2.19. The predicted octanol–water partition coefficient (Wildman–Crippen LogP) is 3.64. The predicted molar refractivity (Wildman–Crippen MR) is 95.1 cm³/mol. The van der Waals surface area contributed by atoms with Gasteiger partial charge in [0.25, 0.3) is 0 Å². The Kier molecular flexibility index (Phi) is 5.36. The van der Waals surface area contributed by atoms with Gasteiger partial charge in [-0.3, -0.25) is 4.90 Å². The summed E-state index contributed by atoms with van der Waals surface area (Å²) in [6, 6.07) is 19.7. The molecule has 1 aliphatic rings. The number of nitrogens with zero attached hydrogens (tertiary/aromatic N) is 2. The molecule has 0 spiro atoms. The van der Waals surface area contributed by atoms with E-state index in [2.05, 4.69) is 64.4 Å². The van der Waals surface area contributed by atoms with E-state index in [9.17, 15) is 0 Å². The molecule has 116 valence electrons. The molecule has 3 rings (SSSR count). The largest absolute Gasteiger partial charge is 0.369 e. The van der Waals surface area contributed by atoms with Gasteiger partial charge >= 0.3 is 0 Å². The zero-order chi connectivity index (χ0) is 15.2. The monoisotopic (exact) mass is 314 g/mol. The van der Waals surface area contributed by atoms with Gasteiger partial charge in [0.15, 0.2) is 0 Å². The van der Waals surface area contributed by atoms with Crippen LogP contribution in [0.4, 0.5) is 5.69 Å². The SMILES string of the molecule is ClCCN1CCN(c2ccc(Cc3ccccc3)cc2)CC1. The Hall–Kier alpha value is -1.51. The molecule has 0 atom stereocenters. The number of alkyl halides is 1. The maximum Gasteiger partial charge on any atom is 0.0367 e. The van der Waals surface area contributed by atoms with Crippen molar-refractivity contribution in [1.82, 2.24) is 4.90 Å². The lowest BCUT2D eigenvalue weighted by Gasteiger charge is -2.35. The maximum atomic E-state index is 5.82. The Bertz CT molecular complexity index is 560. The van der Waals surface area contributed by atoms with Crippen LogP contribution in [-0.4, -0.2) is 43.5 Å². The van der Waals surface area contributed by atoms with E-state index >= 15 is 0 Å². The summed E-state index contributed by atoms with van der Waals surface area (Å²) in [5.74, 6) is 0.730. The summed E-state index contributed by atoms with van der Waals surface area (Å²) in [4.78, 5) is 4.91. The summed E-state index contributed by atoms with van der Waals surface area (Å²) in [7, 11) is 0. The number of piperazine rings is 1. The second-order valence-corrected chi connectivity index (χ2v) is 6.22. The zero-order valence-electron chi connectivity index (χ0n) is 12.9. The Morgan fingerprint density at radius 2 is 1.41 bits per heavy atom. The topological polar surface area (TPSA) is 6.48 Å². The average molecular weight is 315 g/mol. The number of benzene rings is 2. The fourth-order valence-corrected chi connectivity index (χ4v) is 3.24. The summed E-state index contributed by atoms with van der Waals surface area (Å²) in [6.45, 7) is 5.41. The molecule has 0 amide bonds. The van der Waals surface area contributed by atoms with Crippen LogP contribution in [0.15, 0.2) is 54.6 Å². The molecular formula is C19H23ClN2. The van der Waals surface area contributed by atoms with Gasteiger partial charge in [-0.25, -0.2) is 0 Å². The minimum atomic E-state index is 0.730. The second kappa shape index (κ2) is 7.66.